The van der Waals surface area contributed by atoms with E-state index in [1.807, 2.05) is 60.7 Å². The van der Waals surface area contributed by atoms with Crippen molar-refractivity contribution < 1.29 is 14.5 Å². The summed E-state index contributed by atoms with van der Waals surface area (Å²) in [5.41, 5.74) is 3.42. The number of benzene rings is 3. The topological polar surface area (TPSA) is 53.9 Å². The molecule has 1 fully saturated rings. The van der Waals surface area contributed by atoms with Crippen molar-refractivity contribution in [3.63, 3.8) is 0 Å². The fourth-order valence-electron chi connectivity index (χ4n) is 4.81. The first-order valence-electron chi connectivity index (χ1n) is 10.8. The standard InChI is InChI=1S/C26H25N3O2/c30-24-26(23-13-5-2-6-14-23,17-20-9-3-1-4-10-20)27-25(31)29(24)19-28-16-15-21-11-7-8-12-22(21)18-28/h1-14H,15-19H2,(H,27,31)/p+1/t26-/m0/s1. The van der Waals surface area contributed by atoms with Crippen LogP contribution in [0.1, 0.15) is 22.3 Å². The molecule has 1 saturated heterocycles. The lowest BCUT2D eigenvalue weighted by atomic mass is 9.83. The summed E-state index contributed by atoms with van der Waals surface area (Å²) in [6.45, 7) is 2.11. The molecule has 0 spiro atoms. The maximum Gasteiger partial charge on any atom is 0.329 e. The maximum atomic E-state index is 13.8. The molecule has 2 aliphatic rings. The molecule has 3 aromatic carbocycles. The number of carbonyl (C=O) groups excluding carboxylic acids is 2. The summed E-state index contributed by atoms with van der Waals surface area (Å²) in [6.07, 6.45) is 1.39. The monoisotopic (exact) mass is 412 g/mol. The minimum atomic E-state index is -1.08. The van der Waals surface area contributed by atoms with Gasteiger partial charge in [0, 0.05) is 18.4 Å². The van der Waals surface area contributed by atoms with Crippen molar-refractivity contribution in [2.24, 2.45) is 0 Å². The van der Waals surface area contributed by atoms with Crippen LogP contribution in [0.4, 0.5) is 4.79 Å². The number of quaternary nitrogens is 1. The van der Waals surface area contributed by atoms with Gasteiger partial charge in [-0.2, -0.15) is 0 Å². The molecule has 2 aliphatic heterocycles. The van der Waals surface area contributed by atoms with Crippen LogP contribution in [-0.4, -0.2) is 30.1 Å². The van der Waals surface area contributed by atoms with Crippen LogP contribution in [0.3, 0.4) is 0 Å². The van der Waals surface area contributed by atoms with E-state index in [1.165, 1.54) is 20.9 Å². The van der Waals surface area contributed by atoms with Crippen LogP contribution in [0.2, 0.25) is 0 Å². The lowest BCUT2D eigenvalue weighted by Gasteiger charge is -2.30. The highest BCUT2D eigenvalue weighted by atomic mass is 16.2. The van der Waals surface area contributed by atoms with Gasteiger partial charge in [-0.1, -0.05) is 84.9 Å². The molecule has 2 N–H and O–H groups in total. The Morgan fingerprint density at radius 2 is 1.48 bits per heavy atom. The molecule has 156 valence electrons. The number of imide groups is 1. The number of fused-ring (bicyclic) bond motifs is 1. The van der Waals surface area contributed by atoms with E-state index >= 15 is 0 Å². The van der Waals surface area contributed by atoms with Crippen molar-refractivity contribution in [1.29, 1.82) is 0 Å². The summed E-state index contributed by atoms with van der Waals surface area (Å²) >= 11 is 0. The van der Waals surface area contributed by atoms with E-state index in [-0.39, 0.29) is 11.9 Å². The number of hydrogen-bond donors (Lipinski definition) is 2. The smallest absolute Gasteiger partial charge is 0.319 e. The highest BCUT2D eigenvalue weighted by Gasteiger charge is 2.53. The molecule has 3 aromatic rings. The Morgan fingerprint density at radius 3 is 2.23 bits per heavy atom. The molecule has 1 unspecified atom stereocenters. The first-order chi connectivity index (χ1) is 15.2. The van der Waals surface area contributed by atoms with Crippen LogP contribution in [0, 0.1) is 0 Å². The van der Waals surface area contributed by atoms with E-state index in [9.17, 15) is 9.59 Å². The van der Waals surface area contributed by atoms with Crippen molar-refractivity contribution in [2.75, 3.05) is 13.2 Å². The normalized spacial score (nSPS) is 22.8. The van der Waals surface area contributed by atoms with Crippen LogP contribution < -0.4 is 10.2 Å². The number of amides is 3. The van der Waals surface area contributed by atoms with E-state index < -0.39 is 5.54 Å². The van der Waals surface area contributed by atoms with Crippen LogP contribution in [0.5, 0.6) is 0 Å². The van der Waals surface area contributed by atoms with Gasteiger partial charge >= 0.3 is 6.03 Å². The fraction of sp³-hybridized carbons (Fsp3) is 0.231. The number of urea groups is 1. The lowest BCUT2D eigenvalue weighted by Crippen LogP contribution is -3.13. The molecule has 2 heterocycles. The molecule has 5 heteroatoms. The zero-order valence-corrected chi connectivity index (χ0v) is 17.4. The van der Waals surface area contributed by atoms with Gasteiger partial charge in [0.2, 0.25) is 0 Å². The second-order valence-corrected chi connectivity index (χ2v) is 8.45. The molecule has 31 heavy (non-hydrogen) atoms. The molecule has 0 saturated carbocycles. The molecule has 5 rings (SSSR count). The zero-order valence-electron chi connectivity index (χ0n) is 17.4. The summed E-state index contributed by atoms with van der Waals surface area (Å²) in [4.78, 5) is 29.5. The highest BCUT2D eigenvalue weighted by molar-refractivity contribution is 6.07. The van der Waals surface area contributed by atoms with Gasteiger partial charge in [-0.3, -0.25) is 4.79 Å². The van der Waals surface area contributed by atoms with Crippen LogP contribution in [-0.2, 0) is 29.7 Å². The fourth-order valence-corrected chi connectivity index (χ4v) is 4.81. The number of rotatable bonds is 5. The Labute approximate surface area is 182 Å². The van der Waals surface area contributed by atoms with Crippen molar-refractivity contribution in [2.45, 2.75) is 24.9 Å². The second-order valence-electron chi connectivity index (χ2n) is 8.45. The molecular formula is C26H26N3O2+. The van der Waals surface area contributed by atoms with Crippen LogP contribution in [0.25, 0.3) is 0 Å². The van der Waals surface area contributed by atoms with E-state index in [0.29, 0.717) is 13.1 Å². The Bertz CT molecular complexity index is 1100. The van der Waals surface area contributed by atoms with Crippen molar-refractivity contribution in [3.8, 4) is 0 Å². The largest absolute Gasteiger partial charge is 0.329 e. The van der Waals surface area contributed by atoms with Crippen molar-refractivity contribution in [1.82, 2.24) is 10.2 Å². The summed E-state index contributed by atoms with van der Waals surface area (Å²) < 4.78 is 0. The summed E-state index contributed by atoms with van der Waals surface area (Å²) in [5.74, 6) is -0.168. The second kappa shape index (κ2) is 8.00. The molecule has 0 bridgehead atoms. The SMILES string of the molecule is O=C1N[C@@](Cc2ccccc2)(c2ccccc2)C(=O)N1C[NH+]1CCc2ccccc2C1. The van der Waals surface area contributed by atoms with E-state index in [1.54, 1.807) is 0 Å². The average molecular weight is 413 g/mol. The quantitative estimate of drug-likeness (QED) is 0.632. The molecule has 2 atom stereocenters. The first-order valence-corrected chi connectivity index (χ1v) is 10.8. The Balaban J connectivity index is 1.43. The number of nitrogens with one attached hydrogen (secondary N) is 2. The van der Waals surface area contributed by atoms with Gasteiger partial charge < -0.3 is 10.2 Å². The third-order valence-corrected chi connectivity index (χ3v) is 6.44. The highest BCUT2D eigenvalue weighted by Crippen LogP contribution is 2.32. The predicted molar refractivity (Wildman–Crippen MR) is 118 cm³/mol. The van der Waals surface area contributed by atoms with E-state index in [4.69, 9.17) is 0 Å². The molecule has 5 nitrogen and oxygen atoms in total. The van der Waals surface area contributed by atoms with E-state index in [2.05, 4.69) is 29.6 Å². The predicted octanol–water partition coefficient (Wildman–Crippen LogP) is 2.28. The van der Waals surface area contributed by atoms with Gasteiger partial charge in [-0.05, 0) is 16.7 Å². The summed E-state index contributed by atoms with van der Waals surface area (Å²) in [5, 5.41) is 3.06. The number of carbonyl (C=O) groups is 2. The summed E-state index contributed by atoms with van der Waals surface area (Å²) in [7, 11) is 0. The van der Waals surface area contributed by atoms with Crippen molar-refractivity contribution >= 4 is 11.9 Å². The van der Waals surface area contributed by atoms with Crippen molar-refractivity contribution in [3.05, 3.63) is 107 Å². The van der Waals surface area contributed by atoms with Gasteiger partial charge in [-0.15, -0.1) is 0 Å². The molecule has 3 amide bonds. The average Bonchev–Trinajstić information content (AvgIpc) is 3.05. The minimum Gasteiger partial charge on any atom is -0.319 e. The van der Waals surface area contributed by atoms with Crippen LogP contribution in [0.15, 0.2) is 84.9 Å². The minimum absolute atomic E-state index is 0.168. The van der Waals surface area contributed by atoms with Gasteiger partial charge in [-0.25, -0.2) is 9.69 Å². The zero-order chi connectivity index (χ0) is 21.3. The summed E-state index contributed by atoms with van der Waals surface area (Å²) in [6, 6.07) is 27.6. The maximum absolute atomic E-state index is 13.8. The number of hydrogen-bond acceptors (Lipinski definition) is 2. The van der Waals surface area contributed by atoms with Gasteiger partial charge in [0.05, 0.1) is 6.54 Å². The molecular weight excluding hydrogens is 386 g/mol. The third kappa shape index (κ3) is 3.62. The lowest BCUT2D eigenvalue weighted by molar-refractivity contribution is -0.923. The molecule has 0 aliphatic carbocycles. The van der Waals surface area contributed by atoms with Gasteiger partial charge in [0.1, 0.15) is 6.54 Å². The molecule has 0 radical (unpaired) electrons. The van der Waals surface area contributed by atoms with Gasteiger partial charge in [0.25, 0.3) is 5.91 Å². The van der Waals surface area contributed by atoms with Crippen LogP contribution >= 0.6 is 0 Å². The van der Waals surface area contributed by atoms with E-state index in [0.717, 1.165) is 30.6 Å². The Morgan fingerprint density at radius 1 is 0.839 bits per heavy atom. The Hall–Kier alpha value is -3.44. The first kappa shape index (κ1) is 19.5. The Kier molecular flexibility index (Phi) is 5.04. The molecule has 0 aromatic heterocycles. The number of nitrogens with zero attached hydrogens (tertiary/aromatic N) is 1. The van der Waals surface area contributed by atoms with Gasteiger partial charge in [0.15, 0.2) is 12.2 Å². The third-order valence-electron chi connectivity index (χ3n) is 6.44.